The van der Waals surface area contributed by atoms with Crippen LogP contribution in [-0.4, -0.2) is 14.8 Å². The lowest BCUT2D eigenvalue weighted by Crippen LogP contribution is -2.29. The highest BCUT2D eigenvalue weighted by Crippen LogP contribution is 2.21. The van der Waals surface area contributed by atoms with Gasteiger partial charge >= 0.3 is 0 Å². The quantitative estimate of drug-likeness (QED) is 0.609. The van der Waals surface area contributed by atoms with Gasteiger partial charge in [-0.15, -0.1) is 0 Å². The first-order chi connectivity index (χ1) is 9.26. The minimum Gasteiger partial charge on any atom is -0.273 e. The van der Waals surface area contributed by atoms with E-state index in [2.05, 4.69) is 22.4 Å². The number of rotatable bonds is 6. The molecule has 3 N–H and O–H groups in total. The van der Waals surface area contributed by atoms with Gasteiger partial charge in [-0.25, -0.2) is 0 Å². The van der Waals surface area contributed by atoms with Crippen LogP contribution >= 0.6 is 0 Å². The van der Waals surface area contributed by atoms with Crippen LogP contribution in [-0.2, 0) is 19.9 Å². The van der Waals surface area contributed by atoms with Crippen molar-refractivity contribution in [3.8, 4) is 0 Å². The van der Waals surface area contributed by atoms with Gasteiger partial charge in [0.25, 0.3) is 0 Å². The Kier molecular flexibility index (Phi) is 4.65. The molecule has 2 rings (SSSR count). The zero-order valence-electron chi connectivity index (χ0n) is 11.5. The molecule has 2 aromatic rings. The summed E-state index contributed by atoms with van der Waals surface area (Å²) < 4.78 is 1.90. The molecule has 0 radical (unpaired) electrons. The third-order valence-corrected chi connectivity index (χ3v) is 3.51. The van der Waals surface area contributed by atoms with Crippen molar-refractivity contribution in [2.24, 2.45) is 12.9 Å². The Morgan fingerprint density at radius 3 is 2.84 bits per heavy atom. The van der Waals surface area contributed by atoms with E-state index in [4.69, 9.17) is 5.84 Å². The van der Waals surface area contributed by atoms with Gasteiger partial charge < -0.3 is 0 Å². The number of nitrogens with one attached hydrogen (secondary N) is 1. The molecule has 0 aliphatic carbocycles. The lowest BCUT2D eigenvalue weighted by molar-refractivity contribution is 0.503. The standard InChI is InChI=1S/C14H21N5/c1-3-11-10-16-8-7-13(11)14(18-15)5-4-12-6-9-17-19(12)2/h6-10,14,18H,3-5,15H2,1-2H3. The highest BCUT2D eigenvalue weighted by molar-refractivity contribution is 5.26. The second-order valence-electron chi connectivity index (χ2n) is 4.63. The van der Waals surface area contributed by atoms with Gasteiger partial charge in [-0.2, -0.15) is 5.10 Å². The van der Waals surface area contributed by atoms with Gasteiger partial charge in [0.2, 0.25) is 0 Å². The van der Waals surface area contributed by atoms with E-state index < -0.39 is 0 Å². The van der Waals surface area contributed by atoms with Crippen molar-refractivity contribution < 1.29 is 0 Å². The van der Waals surface area contributed by atoms with E-state index in [1.54, 1.807) is 0 Å². The summed E-state index contributed by atoms with van der Waals surface area (Å²) in [6.07, 6.45) is 8.41. The van der Waals surface area contributed by atoms with E-state index in [0.29, 0.717) is 0 Å². The number of nitrogens with two attached hydrogens (primary N) is 1. The highest BCUT2D eigenvalue weighted by atomic mass is 15.3. The molecule has 5 heteroatoms. The predicted octanol–water partition coefficient (Wildman–Crippen LogP) is 1.51. The Balaban J connectivity index is 2.10. The van der Waals surface area contributed by atoms with Crippen LogP contribution in [0.5, 0.6) is 0 Å². The van der Waals surface area contributed by atoms with Crippen LogP contribution in [0.4, 0.5) is 0 Å². The van der Waals surface area contributed by atoms with Gasteiger partial charge in [-0.05, 0) is 42.5 Å². The Hall–Kier alpha value is -1.72. The van der Waals surface area contributed by atoms with Crippen LogP contribution in [0.25, 0.3) is 0 Å². The number of nitrogens with zero attached hydrogens (tertiary/aromatic N) is 3. The molecule has 0 aliphatic rings. The molecule has 1 unspecified atom stereocenters. The number of pyridine rings is 1. The third-order valence-electron chi connectivity index (χ3n) is 3.51. The van der Waals surface area contributed by atoms with Crippen molar-refractivity contribution in [3.05, 3.63) is 47.5 Å². The van der Waals surface area contributed by atoms with Crippen molar-refractivity contribution in [2.45, 2.75) is 32.2 Å². The van der Waals surface area contributed by atoms with Crippen LogP contribution in [0.3, 0.4) is 0 Å². The van der Waals surface area contributed by atoms with Crippen LogP contribution in [0.2, 0.25) is 0 Å². The fourth-order valence-corrected chi connectivity index (χ4v) is 2.34. The van der Waals surface area contributed by atoms with E-state index in [9.17, 15) is 0 Å². The number of hydrogen-bond donors (Lipinski definition) is 2. The topological polar surface area (TPSA) is 68.8 Å². The van der Waals surface area contributed by atoms with Crippen molar-refractivity contribution in [2.75, 3.05) is 0 Å². The second kappa shape index (κ2) is 6.45. The Morgan fingerprint density at radius 2 is 2.21 bits per heavy atom. The molecule has 0 aliphatic heterocycles. The summed E-state index contributed by atoms with van der Waals surface area (Å²) in [4.78, 5) is 4.17. The SMILES string of the molecule is CCc1cnccc1C(CCc1ccnn1C)NN. The largest absolute Gasteiger partial charge is 0.273 e. The first-order valence-electron chi connectivity index (χ1n) is 6.62. The van der Waals surface area contributed by atoms with Gasteiger partial charge in [0.15, 0.2) is 0 Å². The third kappa shape index (κ3) is 3.19. The molecule has 0 amide bonds. The van der Waals surface area contributed by atoms with Crippen molar-refractivity contribution in [3.63, 3.8) is 0 Å². The van der Waals surface area contributed by atoms with Gasteiger partial charge in [-0.1, -0.05) is 6.92 Å². The molecule has 0 fully saturated rings. The van der Waals surface area contributed by atoms with Crippen molar-refractivity contribution >= 4 is 0 Å². The van der Waals surface area contributed by atoms with Gasteiger partial charge in [0, 0.05) is 37.4 Å². The molecular weight excluding hydrogens is 238 g/mol. The molecule has 0 spiro atoms. The van der Waals surface area contributed by atoms with Gasteiger partial charge in [-0.3, -0.25) is 20.9 Å². The molecule has 2 heterocycles. The van der Waals surface area contributed by atoms with Crippen LogP contribution in [0, 0.1) is 0 Å². The fourth-order valence-electron chi connectivity index (χ4n) is 2.34. The van der Waals surface area contributed by atoms with E-state index in [0.717, 1.165) is 19.3 Å². The Bertz CT molecular complexity index is 520. The zero-order chi connectivity index (χ0) is 13.7. The predicted molar refractivity (Wildman–Crippen MR) is 75.2 cm³/mol. The minimum atomic E-state index is 0.146. The highest BCUT2D eigenvalue weighted by Gasteiger charge is 2.14. The van der Waals surface area contributed by atoms with Gasteiger partial charge in [0.05, 0.1) is 0 Å². The summed E-state index contributed by atoms with van der Waals surface area (Å²) in [6, 6.07) is 4.24. The second-order valence-corrected chi connectivity index (χ2v) is 4.63. The lowest BCUT2D eigenvalue weighted by Gasteiger charge is -2.19. The van der Waals surface area contributed by atoms with E-state index in [-0.39, 0.29) is 6.04 Å². The average molecular weight is 259 g/mol. The molecule has 5 nitrogen and oxygen atoms in total. The number of hydrogen-bond acceptors (Lipinski definition) is 4. The maximum absolute atomic E-state index is 5.71. The van der Waals surface area contributed by atoms with Gasteiger partial charge in [0.1, 0.15) is 0 Å². The van der Waals surface area contributed by atoms with E-state index >= 15 is 0 Å². The Morgan fingerprint density at radius 1 is 1.37 bits per heavy atom. The lowest BCUT2D eigenvalue weighted by atomic mass is 9.97. The smallest absolute Gasteiger partial charge is 0.0492 e. The monoisotopic (exact) mass is 259 g/mol. The fraction of sp³-hybridized carbons (Fsp3) is 0.429. The first kappa shape index (κ1) is 13.7. The normalized spacial score (nSPS) is 12.6. The first-order valence-corrected chi connectivity index (χ1v) is 6.62. The molecular formula is C14H21N5. The van der Waals surface area contributed by atoms with Crippen molar-refractivity contribution in [1.82, 2.24) is 20.2 Å². The summed E-state index contributed by atoms with van der Waals surface area (Å²) in [5.41, 5.74) is 6.62. The molecule has 0 bridgehead atoms. The molecule has 2 aromatic heterocycles. The Labute approximate surface area is 113 Å². The molecule has 0 saturated carbocycles. The summed E-state index contributed by atoms with van der Waals surface area (Å²) in [6.45, 7) is 2.13. The maximum Gasteiger partial charge on any atom is 0.0492 e. The number of hydrazine groups is 1. The molecule has 0 saturated heterocycles. The zero-order valence-corrected chi connectivity index (χ0v) is 11.5. The molecule has 102 valence electrons. The number of aryl methyl sites for hydroxylation is 3. The summed E-state index contributed by atoms with van der Waals surface area (Å²) in [5, 5.41) is 4.18. The average Bonchev–Trinajstić information content (AvgIpc) is 2.85. The maximum atomic E-state index is 5.71. The van der Waals surface area contributed by atoms with Crippen LogP contribution in [0.1, 0.15) is 36.2 Å². The van der Waals surface area contributed by atoms with E-state index in [1.165, 1.54) is 16.8 Å². The summed E-state index contributed by atoms with van der Waals surface area (Å²) >= 11 is 0. The van der Waals surface area contributed by atoms with Crippen molar-refractivity contribution in [1.29, 1.82) is 0 Å². The molecule has 19 heavy (non-hydrogen) atoms. The minimum absolute atomic E-state index is 0.146. The summed E-state index contributed by atoms with van der Waals surface area (Å²) in [7, 11) is 1.96. The number of aromatic nitrogens is 3. The van der Waals surface area contributed by atoms with Crippen LogP contribution in [0.15, 0.2) is 30.7 Å². The molecule has 0 aromatic carbocycles. The van der Waals surface area contributed by atoms with E-state index in [1.807, 2.05) is 42.5 Å². The molecule has 1 atom stereocenters. The van der Waals surface area contributed by atoms with Crippen LogP contribution < -0.4 is 11.3 Å². The summed E-state index contributed by atoms with van der Waals surface area (Å²) in [5.74, 6) is 5.71.